The number of anilines is 1. The van der Waals surface area contributed by atoms with Crippen molar-refractivity contribution < 1.29 is 4.79 Å². The van der Waals surface area contributed by atoms with Crippen molar-refractivity contribution >= 4 is 17.1 Å². The van der Waals surface area contributed by atoms with Crippen LogP contribution in [0.4, 0.5) is 5.69 Å². The predicted octanol–water partition coefficient (Wildman–Crippen LogP) is 4.24. The van der Waals surface area contributed by atoms with Crippen LogP contribution in [-0.2, 0) is 25.8 Å². The Morgan fingerprint density at radius 1 is 0.969 bits per heavy atom. The summed E-state index contributed by atoms with van der Waals surface area (Å²) < 4.78 is 3.45. The van der Waals surface area contributed by atoms with E-state index in [9.17, 15) is 9.59 Å². The molecule has 6 heteroatoms. The summed E-state index contributed by atoms with van der Waals surface area (Å²) in [6, 6.07) is 15.3. The van der Waals surface area contributed by atoms with Crippen LogP contribution >= 0.6 is 0 Å². The SMILES string of the molecule is CCc1ccc(NC(=O)c2ccc(Cn3ccn4nc5c(c4c3=O)CCCC5)cc2)cc1. The summed E-state index contributed by atoms with van der Waals surface area (Å²) in [5, 5.41) is 7.53. The molecule has 2 aromatic carbocycles. The smallest absolute Gasteiger partial charge is 0.277 e. The summed E-state index contributed by atoms with van der Waals surface area (Å²) in [6.07, 6.45) is 8.72. The van der Waals surface area contributed by atoms with Crippen LogP contribution in [0.5, 0.6) is 0 Å². The van der Waals surface area contributed by atoms with Gasteiger partial charge >= 0.3 is 0 Å². The molecule has 5 rings (SSSR count). The topological polar surface area (TPSA) is 68.4 Å². The Labute approximate surface area is 186 Å². The van der Waals surface area contributed by atoms with Gasteiger partial charge in [0, 0.05) is 29.2 Å². The average Bonchev–Trinajstić information content (AvgIpc) is 3.21. The molecule has 4 aromatic rings. The van der Waals surface area contributed by atoms with Gasteiger partial charge < -0.3 is 9.88 Å². The van der Waals surface area contributed by atoms with Gasteiger partial charge in [-0.1, -0.05) is 31.2 Å². The number of hydrogen-bond acceptors (Lipinski definition) is 3. The monoisotopic (exact) mass is 426 g/mol. The minimum absolute atomic E-state index is 0.0134. The molecule has 1 aliphatic carbocycles. The van der Waals surface area contributed by atoms with E-state index in [1.165, 1.54) is 5.56 Å². The third-order valence-corrected chi connectivity index (χ3v) is 6.22. The second-order valence-corrected chi connectivity index (χ2v) is 8.36. The van der Waals surface area contributed by atoms with Gasteiger partial charge in [-0.15, -0.1) is 0 Å². The molecule has 32 heavy (non-hydrogen) atoms. The molecule has 2 aromatic heterocycles. The fourth-order valence-corrected chi connectivity index (χ4v) is 4.37. The highest BCUT2D eigenvalue weighted by Crippen LogP contribution is 2.22. The van der Waals surface area contributed by atoms with E-state index in [0.29, 0.717) is 17.6 Å². The maximum atomic E-state index is 13.1. The first-order valence-corrected chi connectivity index (χ1v) is 11.2. The molecule has 0 saturated heterocycles. The summed E-state index contributed by atoms with van der Waals surface area (Å²) in [4.78, 5) is 25.7. The lowest BCUT2D eigenvalue weighted by molar-refractivity contribution is 0.102. The van der Waals surface area contributed by atoms with E-state index >= 15 is 0 Å². The highest BCUT2D eigenvalue weighted by atomic mass is 16.1. The molecule has 0 saturated carbocycles. The molecule has 0 atom stereocenters. The Morgan fingerprint density at radius 2 is 1.69 bits per heavy atom. The zero-order chi connectivity index (χ0) is 22.1. The summed E-state index contributed by atoms with van der Waals surface area (Å²) in [6.45, 7) is 2.56. The van der Waals surface area contributed by atoms with E-state index in [0.717, 1.165) is 54.6 Å². The molecule has 162 valence electrons. The second kappa shape index (κ2) is 8.46. The first kappa shape index (κ1) is 20.2. The molecule has 0 radical (unpaired) electrons. The van der Waals surface area contributed by atoms with Crippen molar-refractivity contribution in [1.29, 1.82) is 0 Å². The van der Waals surface area contributed by atoms with Crippen molar-refractivity contribution in [3.63, 3.8) is 0 Å². The van der Waals surface area contributed by atoms with Crippen LogP contribution in [0.15, 0.2) is 65.7 Å². The maximum absolute atomic E-state index is 13.1. The first-order valence-electron chi connectivity index (χ1n) is 11.2. The van der Waals surface area contributed by atoms with E-state index in [1.54, 1.807) is 27.4 Å². The van der Waals surface area contributed by atoms with E-state index in [-0.39, 0.29) is 11.5 Å². The Bertz CT molecular complexity index is 1330. The molecule has 0 spiro atoms. The van der Waals surface area contributed by atoms with Gasteiger partial charge in [0.05, 0.1) is 12.2 Å². The molecule has 2 heterocycles. The molecule has 0 bridgehead atoms. The molecule has 0 unspecified atom stereocenters. The first-order chi connectivity index (χ1) is 15.6. The molecule has 0 fully saturated rings. The van der Waals surface area contributed by atoms with Crippen LogP contribution in [-0.4, -0.2) is 20.1 Å². The number of benzene rings is 2. The number of carbonyl (C=O) groups excluding carboxylic acids is 1. The molecular formula is C26H26N4O2. The van der Waals surface area contributed by atoms with Crippen molar-refractivity contribution in [2.45, 2.75) is 45.6 Å². The lowest BCUT2D eigenvalue weighted by Crippen LogP contribution is -2.23. The maximum Gasteiger partial charge on any atom is 0.277 e. The van der Waals surface area contributed by atoms with Gasteiger partial charge in [0.15, 0.2) is 0 Å². The summed E-state index contributed by atoms with van der Waals surface area (Å²) in [5.41, 5.74) is 6.42. The third-order valence-electron chi connectivity index (χ3n) is 6.22. The Morgan fingerprint density at radius 3 is 2.44 bits per heavy atom. The number of fused-ring (bicyclic) bond motifs is 3. The number of nitrogens with one attached hydrogen (secondary N) is 1. The van der Waals surface area contributed by atoms with Gasteiger partial charge in [0.2, 0.25) is 0 Å². The van der Waals surface area contributed by atoms with E-state index in [4.69, 9.17) is 0 Å². The summed E-state index contributed by atoms with van der Waals surface area (Å²) in [7, 11) is 0. The number of amides is 1. The minimum Gasteiger partial charge on any atom is -0.322 e. The predicted molar refractivity (Wildman–Crippen MR) is 125 cm³/mol. The Balaban J connectivity index is 1.33. The Hall–Kier alpha value is -3.67. The van der Waals surface area contributed by atoms with Crippen LogP contribution < -0.4 is 10.9 Å². The number of nitrogens with zero attached hydrogens (tertiary/aromatic N) is 3. The van der Waals surface area contributed by atoms with E-state index < -0.39 is 0 Å². The van der Waals surface area contributed by atoms with Gasteiger partial charge in [-0.05, 0) is 67.5 Å². The standard InChI is InChI=1S/C26H26N4O2/c1-2-18-9-13-21(14-10-18)27-25(31)20-11-7-19(8-12-20)17-29-15-16-30-24(26(29)32)22-5-3-4-6-23(22)28-30/h7-16H,2-6,17H2,1H3,(H,27,31). The quantitative estimate of drug-likeness (QED) is 0.519. The summed E-state index contributed by atoms with van der Waals surface area (Å²) in [5.74, 6) is -0.148. The highest BCUT2D eigenvalue weighted by molar-refractivity contribution is 6.04. The number of aryl methyl sites for hydroxylation is 3. The van der Waals surface area contributed by atoms with Gasteiger partial charge in [0.25, 0.3) is 11.5 Å². The van der Waals surface area contributed by atoms with Gasteiger partial charge in [0.1, 0.15) is 5.52 Å². The average molecular weight is 427 g/mol. The second-order valence-electron chi connectivity index (χ2n) is 8.36. The molecule has 1 N–H and O–H groups in total. The fourth-order valence-electron chi connectivity index (χ4n) is 4.37. The number of rotatable bonds is 5. The highest BCUT2D eigenvalue weighted by Gasteiger charge is 2.19. The van der Waals surface area contributed by atoms with E-state index in [2.05, 4.69) is 17.3 Å². The van der Waals surface area contributed by atoms with Crippen LogP contribution in [0.1, 0.15) is 52.5 Å². The van der Waals surface area contributed by atoms with Gasteiger partial charge in [-0.3, -0.25) is 9.59 Å². The number of aromatic nitrogens is 3. The van der Waals surface area contributed by atoms with Crippen molar-refractivity contribution in [3.8, 4) is 0 Å². The third kappa shape index (κ3) is 3.84. The zero-order valence-electron chi connectivity index (χ0n) is 18.2. The molecule has 6 nitrogen and oxygen atoms in total. The molecule has 0 aliphatic heterocycles. The fraction of sp³-hybridized carbons (Fsp3) is 0.269. The zero-order valence-corrected chi connectivity index (χ0v) is 18.2. The normalized spacial score (nSPS) is 13.2. The number of carbonyl (C=O) groups is 1. The Kier molecular flexibility index (Phi) is 5.35. The van der Waals surface area contributed by atoms with Crippen molar-refractivity contribution in [2.75, 3.05) is 5.32 Å². The molecule has 1 aliphatic rings. The molecular weight excluding hydrogens is 400 g/mol. The van der Waals surface area contributed by atoms with Crippen LogP contribution in [0.25, 0.3) is 5.52 Å². The lowest BCUT2D eigenvalue weighted by Gasteiger charge is -2.10. The largest absolute Gasteiger partial charge is 0.322 e. The van der Waals surface area contributed by atoms with Gasteiger partial charge in [-0.2, -0.15) is 5.10 Å². The summed E-state index contributed by atoms with van der Waals surface area (Å²) >= 11 is 0. The minimum atomic E-state index is -0.148. The van der Waals surface area contributed by atoms with Crippen LogP contribution in [0.3, 0.4) is 0 Å². The van der Waals surface area contributed by atoms with Crippen molar-refractivity contribution in [1.82, 2.24) is 14.2 Å². The van der Waals surface area contributed by atoms with Gasteiger partial charge in [-0.25, -0.2) is 4.52 Å². The molecule has 1 amide bonds. The van der Waals surface area contributed by atoms with E-state index in [1.807, 2.05) is 42.6 Å². The van der Waals surface area contributed by atoms with Crippen LogP contribution in [0, 0.1) is 0 Å². The number of hydrogen-bond donors (Lipinski definition) is 1. The van der Waals surface area contributed by atoms with Crippen molar-refractivity contribution in [2.24, 2.45) is 0 Å². The van der Waals surface area contributed by atoms with Crippen LogP contribution in [0.2, 0.25) is 0 Å². The van der Waals surface area contributed by atoms with Crippen molar-refractivity contribution in [3.05, 3.63) is 99.2 Å². The lowest BCUT2D eigenvalue weighted by atomic mass is 9.97.